The van der Waals surface area contributed by atoms with Crippen molar-refractivity contribution in [2.24, 2.45) is 7.05 Å². The number of amides is 5. The predicted molar refractivity (Wildman–Crippen MR) is 231 cm³/mol. The maximum absolute atomic E-state index is 13.0. The number of piperidine rings is 2. The van der Waals surface area contributed by atoms with E-state index < -0.39 is 29.7 Å². The number of benzene rings is 2. The average Bonchev–Trinajstić information content (AvgIpc) is 3.54. The molecule has 21 heteroatoms. The number of likely N-dealkylation sites (N-methyl/N-ethyl adjacent to an activating group) is 1. The Morgan fingerprint density at radius 3 is 2.27 bits per heavy atom. The second-order valence-corrected chi connectivity index (χ2v) is 15.4. The van der Waals surface area contributed by atoms with Crippen LogP contribution in [-0.2, 0) is 40.4 Å². The van der Waals surface area contributed by atoms with E-state index in [1.54, 1.807) is 31.4 Å². The highest BCUT2D eigenvalue weighted by atomic mass is 35.5. The van der Waals surface area contributed by atoms with Crippen LogP contribution in [0.3, 0.4) is 0 Å². The van der Waals surface area contributed by atoms with Crippen molar-refractivity contribution >= 4 is 69.5 Å². The molecule has 0 aliphatic carbocycles. The van der Waals surface area contributed by atoms with Gasteiger partial charge < -0.3 is 48.5 Å². The third-order valence-corrected chi connectivity index (χ3v) is 11.1. The maximum Gasteiger partial charge on any atom is 0.293 e. The summed E-state index contributed by atoms with van der Waals surface area (Å²) in [5.74, 6) is -1.19. The number of nitrogens with one attached hydrogen (secondary N) is 3. The van der Waals surface area contributed by atoms with Crippen LogP contribution < -0.4 is 35.9 Å². The van der Waals surface area contributed by atoms with E-state index in [0.717, 1.165) is 17.7 Å². The Hall–Kier alpha value is -6.19. The zero-order valence-electron chi connectivity index (χ0n) is 35.4. The molecular formula is C43H49ClN8O12. The number of nitrogens with zero attached hydrogens (tertiary/aromatic N) is 5. The number of halogens is 1. The van der Waals surface area contributed by atoms with E-state index in [-0.39, 0.29) is 67.1 Å². The molecule has 2 fully saturated rings. The molecule has 2 saturated heterocycles. The number of aryl methyl sites for hydroxylation is 1. The minimum absolute atomic E-state index is 0.0514. The fourth-order valence-corrected chi connectivity index (χ4v) is 7.52. The molecule has 0 radical (unpaired) electrons. The van der Waals surface area contributed by atoms with Gasteiger partial charge >= 0.3 is 0 Å². The third kappa shape index (κ3) is 11.1. The van der Waals surface area contributed by atoms with Crippen molar-refractivity contribution < 1.29 is 52.4 Å². The average molecular weight is 905 g/mol. The van der Waals surface area contributed by atoms with Gasteiger partial charge in [0.05, 0.1) is 75.2 Å². The Balaban J connectivity index is 0.736. The molecule has 7 rings (SSSR count). The molecule has 340 valence electrons. The standard InChI is InChI=1S/C43H49ClN8O12/c1-45-37(54)25-64-35-22-26-21-27(3-6-33(26)50(2)42(35)58)47-38-32(44)24-46-43(49-38)51-11-9-28(10-12-51)62-19-17-60-15-13-59-14-16-61-18-20-63-29-4-5-30-31(23-29)41(57)52(40(30)56)34-7-8-36(53)48-39(34)55/h3-6,21-24,28,34H,7-20,25H2,1-2H3,(H,45,54)(H,46,47,49)(H,48,53,55). The monoisotopic (exact) mass is 904 g/mol. The first-order valence-corrected chi connectivity index (χ1v) is 21.2. The first-order chi connectivity index (χ1) is 31.0. The van der Waals surface area contributed by atoms with Gasteiger partial charge in [-0.05, 0) is 61.7 Å². The zero-order chi connectivity index (χ0) is 45.2. The number of hydrogen-bond acceptors (Lipinski definition) is 16. The number of hydrogen-bond donors (Lipinski definition) is 3. The summed E-state index contributed by atoms with van der Waals surface area (Å²) in [7, 11) is 3.14. The van der Waals surface area contributed by atoms with Crippen molar-refractivity contribution in [3.8, 4) is 11.5 Å². The summed E-state index contributed by atoms with van der Waals surface area (Å²) >= 11 is 6.50. The molecule has 2 aromatic heterocycles. The second kappa shape index (κ2) is 21.5. The first kappa shape index (κ1) is 45.8. The molecule has 64 heavy (non-hydrogen) atoms. The SMILES string of the molecule is CNC(=O)COc1cc2cc(Nc3nc(N4CCC(OCCOCCOCCOCCOc5ccc6c(c5)C(=O)N(C5CCC(=O)NC5=O)C6=O)CC4)ncc3Cl)ccc2n(C)c1=O. The number of carbonyl (C=O) groups is 5. The number of carbonyl (C=O) groups excluding carboxylic acids is 5. The largest absolute Gasteiger partial charge is 0.491 e. The van der Waals surface area contributed by atoms with Gasteiger partial charge in [0.2, 0.25) is 17.8 Å². The molecule has 0 bridgehead atoms. The van der Waals surface area contributed by atoms with Gasteiger partial charge in [0.25, 0.3) is 23.3 Å². The summed E-state index contributed by atoms with van der Waals surface area (Å²) in [6.07, 6.45) is 3.35. The topological polar surface area (TPSA) is 231 Å². The fourth-order valence-electron chi connectivity index (χ4n) is 7.38. The van der Waals surface area contributed by atoms with E-state index in [0.29, 0.717) is 91.9 Å². The second-order valence-electron chi connectivity index (χ2n) is 15.0. The molecule has 20 nitrogen and oxygen atoms in total. The van der Waals surface area contributed by atoms with Crippen molar-refractivity contribution in [3.63, 3.8) is 0 Å². The lowest BCUT2D eigenvalue weighted by molar-refractivity contribution is -0.136. The number of imide groups is 2. The minimum Gasteiger partial charge on any atom is -0.491 e. The Kier molecular flexibility index (Phi) is 15.4. The Bertz CT molecular complexity index is 2440. The number of ether oxygens (including phenoxy) is 6. The maximum atomic E-state index is 13.0. The van der Waals surface area contributed by atoms with Gasteiger partial charge in [0.15, 0.2) is 18.2 Å². The van der Waals surface area contributed by atoms with Gasteiger partial charge in [-0.3, -0.25) is 39.0 Å². The van der Waals surface area contributed by atoms with Crippen LogP contribution >= 0.6 is 11.6 Å². The first-order valence-electron chi connectivity index (χ1n) is 20.9. The molecule has 2 aromatic carbocycles. The van der Waals surface area contributed by atoms with Crippen LogP contribution in [0.1, 0.15) is 46.4 Å². The molecule has 4 aromatic rings. The van der Waals surface area contributed by atoms with Gasteiger partial charge in [-0.15, -0.1) is 0 Å². The normalized spacial score (nSPS) is 16.6. The molecule has 1 atom stereocenters. The Morgan fingerprint density at radius 2 is 1.55 bits per heavy atom. The summed E-state index contributed by atoms with van der Waals surface area (Å²) in [5.41, 5.74) is 1.35. The molecular weight excluding hydrogens is 856 g/mol. The van der Waals surface area contributed by atoms with Crippen molar-refractivity contribution in [3.05, 3.63) is 75.2 Å². The van der Waals surface area contributed by atoms with Crippen molar-refractivity contribution in [1.82, 2.24) is 30.1 Å². The van der Waals surface area contributed by atoms with Gasteiger partial charge in [0.1, 0.15) is 23.4 Å². The van der Waals surface area contributed by atoms with E-state index in [1.165, 1.54) is 23.7 Å². The smallest absolute Gasteiger partial charge is 0.293 e. The quantitative estimate of drug-likeness (QED) is 0.0805. The fraction of sp³-hybridized carbons (Fsp3) is 0.442. The molecule has 3 N–H and O–H groups in total. The van der Waals surface area contributed by atoms with Crippen LogP contribution in [0.25, 0.3) is 10.9 Å². The van der Waals surface area contributed by atoms with Gasteiger partial charge in [-0.25, -0.2) is 4.98 Å². The Labute approximate surface area is 372 Å². The Morgan fingerprint density at radius 1 is 0.844 bits per heavy atom. The van der Waals surface area contributed by atoms with Crippen LogP contribution in [0.5, 0.6) is 11.5 Å². The van der Waals surface area contributed by atoms with E-state index >= 15 is 0 Å². The minimum atomic E-state index is -1.03. The molecule has 0 saturated carbocycles. The van der Waals surface area contributed by atoms with Crippen molar-refractivity contribution in [1.29, 1.82) is 0 Å². The molecule has 0 spiro atoms. The van der Waals surface area contributed by atoms with Crippen LogP contribution in [-0.4, -0.2) is 141 Å². The number of anilines is 3. The number of fused-ring (bicyclic) bond motifs is 2. The van der Waals surface area contributed by atoms with Crippen LogP contribution in [0, 0.1) is 0 Å². The van der Waals surface area contributed by atoms with Crippen molar-refractivity contribution in [2.75, 3.05) is 89.8 Å². The molecule has 3 aliphatic heterocycles. The van der Waals surface area contributed by atoms with E-state index in [2.05, 4.69) is 25.8 Å². The van der Waals surface area contributed by atoms with E-state index in [9.17, 15) is 28.8 Å². The van der Waals surface area contributed by atoms with Gasteiger partial charge in [-0.1, -0.05) is 11.6 Å². The van der Waals surface area contributed by atoms with Gasteiger partial charge in [0, 0.05) is 44.7 Å². The summed E-state index contributed by atoms with van der Waals surface area (Å²) in [6, 6.07) is 10.6. The highest BCUT2D eigenvalue weighted by molar-refractivity contribution is 6.33. The number of aromatic nitrogens is 3. The summed E-state index contributed by atoms with van der Waals surface area (Å²) in [5, 5.41) is 8.97. The van der Waals surface area contributed by atoms with Crippen LogP contribution in [0.2, 0.25) is 5.02 Å². The van der Waals surface area contributed by atoms with E-state index in [4.69, 9.17) is 45.0 Å². The lowest BCUT2D eigenvalue weighted by Gasteiger charge is -2.32. The lowest BCUT2D eigenvalue weighted by atomic mass is 10.0. The summed E-state index contributed by atoms with van der Waals surface area (Å²) < 4.78 is 35.5. The summed E-state index contributed by atoms with van der Waals surface area (Å²) in [4.78, 5) is 86.2. The van der Waals surface area contributed by atoms with Crippen molar-refractivity contribution in [2.45, 2.75) is 37.8 Å². The molecule has 5 amide bonds. The third-order valence-electron chi connectivity index (χ3n) is 10.8. The molecule has 3 aliphatic rings. The highest BCUT2D eigenvalue weighted by Gasteiger charge is 2.44. The highest BCUT2D eigenvalue weighted by Crippen LogP contribution is 2.31. The van der Waals surface area contributed by atoms with E-state index in [1.807, 2.05) is 12.1 Å². The van der Waals surface area contributed by atoms with Gasteiger partial charge in [-0.2, -0.15) is 4.98 Å². The van der Waals surface area contributed by atoms with Crippen LogP contribution in [0.4, 0.5) is 17.5 Å². The van der Waals surface area contributed by atoms with Crippen LogP contribution in [0.15, 0.2) is 53.5 Å². The summed E-state index contributed by atoms with van der Waals surface area (Å²) in [6.45, 7) is 3.98. The molecule has 5 heterocycles. The zero-order valence-corrected chi connectivity index (χ0v) is 36.1. The predicted octanol–water partition coefficient (Wildman–Crippen LogP) is 2.37. The lowest BCUT2D eigenvalue weighted by Crippen LogP contribution is -2.54. The molecule has 1 unspecified atom stereocenters. The number of pyridine rings is 1. The number of rotatable bonds is 21.